The smallest absolute Gasteiger partial charge is 0.169 e. The molecule has 0 fully saturated rings. The zero-order valence-electron chi connectivity index (χ0n) is 8.95. The number of hydrogen-bond acceptors (Lipinski definition) is 2. The monoisotopic (exact) mass is 354 g/mol. The first-order valence-corrected chi connectivity index (χ1v) is 6.62. The van der Waals surface area contributed by atoms with Crippen molar-refractivity contribution in [2.45, 2.75) is 6.92 Å². The summed E-state index contributed by atoms with van der Waals surface area (Å²) in [5, 5.41) is 0. The Balaban J connectivity index is 2.23. The summed E-state index contributed by atoms with van der Waals surface area (Å²) < 4.78 is 9.23. The maximum Gasteiger partial charge on any atom is 0.169 e. The van der Waals surface area contributed by atoms with Gasteiger partial charge in [0.25, 0.3) is 0 Å². The first-order chi connectivity index (χ1) is 8.13. The molecule has 0 unspecified atom stereocenters. The minimum absolute atomic E-state index is 0.711. The Morgan fingerprint density at radius 3 is 2.76 bits per heavy atom. The Kier molecular flexibility index (Phi) is 2.60. The van der Waals surface area contributed by atoms with E-state index in [-0.39, 0.29) is 0 Å². The predicted molar refractivity (Wildman–Crippen MR) is 73.0 cm³/mol. The van der Waals surface area contributed by atoms with E-state index < -0.39 is 0 Å². The summed E-state index contributed by atoms with van der Waals surface area (Å²) in [4.78, 5) is 4.56. The standard InChI is InChI=1S/C12H8Br2N2O/c1-7-4-8(13)5-16-6-9(15-12(7)16)10-2-3-11(14)17-10/h2-6H,1H3. The first kappa shape index (κ1) is 11.0. The Morgan fingerprint density at radius 2 is 2.06 bits per heavy atom. The third-order valence-corrected chi connectivity index (χ3v) is 3.39. The van der Waals surface area contributed by atoms with Gasteiger partial charge < -0.3 is 8.82 Å². The highest BCUT2D eigenvalue weighted by Gasteiger charge is 2.10. The van der Waals surface area contributed by atoms with Crippen molar-refractivity contribution < 1.29 is 4.42 Å². The van der Waals surface area contributed by atoms with E-state index >= 15 is 0 Å². The topological polar surface area (TPSA) is 30.4 Å². The number of pyridine rings is 1. The van der Waals surface area contributed by atoms with E-state index in [1.807, 2.05) is 41.9 Å². The minimum Gasteiger partial charge on any atom is -0.448 e. The lowest BCUT2D eigenvalue weighted by atomic mass is 10.3. The first-order valence-electron chi connectivity index (χ1n) is 5.04. The van der Waals surface area contributed by atoms with Crippen molar-refractivity contribution in [3.05, 3.63) is 45.3 Å². The number of aryl methyl sites for hydroxylation is 1. The zero-order chi connectivity index (χ0) is 12.0. The van der Waals surface area contributed by atoms with E-state index in [1.54, 1.807) is 0 Å². The summed E-state index contributed by atoms with van der Waals surface area (Å²) in [7, 11) is 0. The lowest BCUT2D eigenvalue weighted by Gasteiger charge is -1.97. The van der Waals surface area contributed by atoms with Gasteiger partial charge in [-0.2, -0.15) is 0 Å². The van der Waals surface area contributed by atoms with E-state index in [0.717, 1.165) is 27.1 Å². The van der Waals surface area contributed by atoms with Crippen LogP contribution < -0.4 is 0 Å². The highest BCUT2D eigenvalue weighted by Crippen LogP contribution is 2.26. The number of nitrogens with zero attached hydrogens (tertiary/aromatic N) is 2. The minimum atomic E-state index is 0.711. The molecule has 0 amide bonds. The Morgan fingerprint density at radius 1 is 1.24 bits per heavy atom. The summed E-state index contributed by atoms with van der Waals surface area (Å²) in [5.41, 5.74) is 2.89. The number of aromatic nitrogens is 2. The fourth-order valence-electron chi connectivity index (χ4n) is 1.80. The van der Waals surface area contributed by atoms with E-state index in [4.69, 9.17) is 4.42 Å². The normalized spacial score (nSPS) is 11.2. The predicted octanol–water partition coefficient (Wildman–Crippen LogP) is 4.43. The average molecular weight is 356 g/mol. The molecule has 0 aliphatic carbocycles. The van der Waals surface area contributed by atoms with Crippen molar-refractivity contribution in [3.8, 4) is 11.5 Å². The zero-order valence-corrected chi connectivity index (χ0v) is 12.1. The van der Waals surface area contributed by atoms with Crippen LogP contribution in [0.4, 0.5) is 0 Å². The number of imidazole rings is 1. The molecule has 3 heterocycles. The molecular weight excluding hydrogens is 348 g/mol. The molecule has 0 saturated heterocycles. The van der Waals surface area contributed by atoms with Crippen molar-refractivity contribution in [2.75, 3.05) is 0 Å². The van der Waals surface area contributed by atoms with Crippen LogP contribution in [0.3, 0.4) is 0 Å². The molecule has 3 nitrogen and oxygen atoms in total. The number of furan rings is 1. The van der Waals surface area contributed by atoms with Gasteiger partial charge in [0.15, 0.2) is 10.4 Å². The van der Waals surface area contributed by atoms with Crippen molar-refractivity contribution >= 4 is 37.5 Å². The van der Waals surface area contributed by atoms with Crippen LogP contribution in [0.5, 0.6) is 0 Å². The molecule has 3 rings (SSSR count). The van der Waals surface area contributed by atoms with Gasteiger partial charge in [0.1, 0.15) is 11.3 Å². The fraction of sp³-hybridized carbons (Fsp3) is 0.0833. The molecule has 86 valence electrons. The lowest BCUT2D eigenvalue weighted by molar-refractivity contribution is 0.554. The van der Waals surface area contributed by atoms with Gasteiger partial charge in [-0.05, 0) is 62.5 Å². The second-order valence-corrected chi connectivity index (χ2v) is 5.50. The fourth-order valence-corrected chi connectivity index (χ4v) is 2.67. The summed E-state index contributed by atoms with van der Waals surface area (Å²) in [5.74, 6) is 0.760. The summed E-state index contributed by atoms with van der Waals surface area (Å²) in [6.45, 7) is 2.04. The second kappa shape index (κ2) is 3.99. The quantitative estimate of drug-likeness (QED) is 0.646. The van der Waals surface area contributed by atoms with Gasteiger partial charge in [0.2, 0.25) is 0 Å². The molecule has 0 bridgehead atoms. The molecule has 0 aliphatic rings. The summed E-state index contributed by atoms with van der Waals surface area (Å²) in [6, 6.07) is 5.81. The molecule has 0 saturated carbocycles. The van der Waals surface area contributed by atoms with Crippen molar-refractivity contribution in [1.29, 1.82) is 0 Å². The van der Waals surface area contributed by atoms with E-state index in [1.165, 1.54) is 0 Å². The lowest BCUT2D eigenvalue weighted by Crippen LogP contribution is -1.86. The van der Waals surface area contributed by atoms with Crippen LogP contribution in [-0.2, 0) is 0 Å². The largest absolute Gasteiger partial charge is 0.448 e. The van der Waals surface area contributed by atoms with Gasteiger partial charge in [0, 0.05) is 16.9 Å². The summed E-state index contributed by atoms with van der Waals surface area (Å²) >= 11 is 6.76. The third kappa shape index (κ3) is 1.93. The van der Waals surface area contributed by atoms with Gasteiger partial charge in [-0.25, -0.2) is 4.98 Å². The Labute approximate surface area is 115 Å². The van der Waals surface area contributed by atoms with Gasteiger partial charge >= 0.3 is 0 Å². The molecule has 0 aliphatic heterocycles. The molecule has 3 aromatic heterocycles. The van der Waals surface area contributed by atoms with Crippen LogP contribution in [0.25, 0.3) is 17.1 Å². The van der Waals surface area contributed by atoms with Crippen LogP contribution in [0.1, 0.15) is 5.56 Å². The molecule has 5 heteroatoms. The second-order valence-electron chi connectivity index (χ2n) is 3.80. The Hall–Kier alpha value is -1.07. The van der Waals surface area contributed by atoms with Crippen molar-refractivity contribution in [1.82, 2.24) is 9.38 Å². The number of hydrogen-bond donors (Lipinski definition) is 0. The molecule has 3 aromatic rings. The van der Waals surface area contributed by atoms with Gasteiger partial charge in [-0.15, -0.1) is 0 Å². The van der Waals surface area contributed by atoms with E-state index in [9.17, 15) is 0 Å². The molecule has 0 atom stereocenters. The average Bonchev–Trinajstić information content (AvgIpc) is 2.83. The van der Waals surface area contributed by atoms with E-state index in [2.05, 4.69) is 36.8 Å². The molecule has 17 heavy (non-hydrogen) atoms. The molecule has 0 N–H and O–H groups in total. The molecule has 0 spiro atoms. The summed E-state index contributed by atoms with van der Waals surface area (Å²) in [6.07, 6.45) is 3.94. The van der Waals surface area contributed by atoms with Crippen LogP contribution >= 0.6 is 31.9 Å². The van der Waals surface area contributed by atoms with Crippen LogP contribution in [0, 0.1) is 6.92 Å². The molecule has 0 aromatic carbocycles. The van der Waals surface area contributed by atoms with Crippen LogP contribution in [0.15, 0.2) is 44.2 Å². The highest BCUT2D eigenvalue weighted by molar-refractivity contribution is 9.10. The van der Waals surface area contributed by atoms with Crippen molar-refractivity contribution in [3.63, 3.8) is 0 Å². The Bertz CT molecular complexity index is 700. The van der Waals surface area contributed by atoms with Crippen LogP contribution in [-0.4, -0.2) is 9.38 Å². The maximum absolute atomic E-state index is 5.50. The molecular formula is C12H8Br2N2O. The third-order valence-electron chi connectivity index (χ3n) is 2.53. The van der Waals surface area contributed by atoms with E-state index in [0.29, 0.717) is 4.67 Å². The number of fused-ring (bicyclic) bond motifs is 1. The number of rotatable bonds is 1. The van der Waals surface area contributed by atoms with Gasteiger partial charge in [0.05, 0.1) is 0 Å². The SMILES string of the molecule is Cc1cc(Br)cn2cc(-c3ccc(Br)o3)nc12. The van der Waals surface area contributed by atoms with Crippen molar-refractivity contribution in [2.24, 2.45) is 0 Å². The van der Waals surface area contributed by atoms with Gasteiger partial charge in [-0.1, -0.05) is 0 Å². The number of halogens is 2. The highest BCUT2D eigenvalue weighted by atomic mass is 79.9. The molecule has 0 radical (unpaired) electrons. The van der Waals surface area contributed by atoms with Gasteiger partial charge in [-0.3, -0.25) is 0 Å². The maximum atomic E-state index is 5.50. The van der Waals surface area contributed by atoms with Crippen LogP contribution in [0.2, 0.25) is 0 Å².